The minimum atomic E-state index is -1.70. The lowest BCUT2D eigenvalue weighted by molar-refractivity contribution is 0.0540. The minimum absolute atomic E-state index is 0.116. The summed E-state index contributed by atoms with van der Waals surface area (Å²) in [4.78, 5) is 41.7. The molecule has 0 unspecified atom stereocenters. The lowest BCUT2D eigenvalue weighted by Crippen LogP contribution is -2.39. The number of rotatable bonds is 7. The predicted octanol–water partition coefficient (Wildman–Crippen LogP) is 5.37. The Balaban J connectivity index is 1.58. The molecular formula is C33H39BClN7O6. The highest BCUT2D eigenvalue weighted by Gasteiger charge is 2.28. The highest BCUT2D eigenvalue weighted by atomic mass is 35.5. The molecule has 13 nitrogen and oxygen atoms in total. The van der Waals surface area contributed by atoms with Crippen LogP contribution in [0.15, 0.2) is 49.1 Å². The zero-order valence-corrected chi connectivity index (χ0v) is 29.0. The molecule has 0 atom stereocenters. The average Bonchev–Trinajstić information content (AvgIpc) is 3.57. The standard InChI is InChI=1S/C33H39BClN7O6/c1-19(2)24-17-38-42-27(14-26(35)39-29(24)42)40(30(43)47-32(3,4)5)12-11-21-18-41(31(44)48-33(6,7)8)25-13-20(9-10-23(21)25)28-36-15-22(16-37-28)34(45)46/h9-10,13-19,45-46H,11-12H2,1-8H3. The lowest BCUT2D eigenvalue weighted by Gasteiger charge is -2.27. The second kappa shape index (κ2) is 13.2. The van der Waals surface area contributed by atoms with Gasteiger partial charge in [-0.25, -0.2) is 24.5 Å². The highest BCUT2D eigenvalue weighted by Crippen LogP contribution is 2.30. The largest absolute Gasteiger partial charge is 0.491 e. The summed E-state index contributed by atoms with van der Waals surface area (Å²) in [6, 6.07) is 7.00. The second-order valence-electron chi connectivity index (χ2n) is 13.8. The Morgan fingerprint density at radius 1 is 1.00 bits per heavy atom. The Morgan fingerprint density at radius 2 is 1.67 bits per heavy atom. The maximum absolute atomic E-state index is 13.8. The van der Waals surface area contributed by atoms with Gasteiger partial charge in [-0.3, -0.25) is 9.47 Å². The highest BCUT2D eigenvalue weighted by molar-refractivity contribution is 6.58. The number of benzene rings is 1. The number of hydrogen-bond donors (Lipinski definition) is 2. The first-order chi connectivity index (χ1) is 22.4. The van der Waals surface area contributed by atoms with E-state index in [0.29, 0.717) is 34.8 Å². The van der Waals surface area contributed by atoms with E-state index >= 15 is 0 Å². The van der Waals surface area contributed by atoms with Crippen LogP contribution in [0.2, 0.25) is 5.15 Å². The number of ether oxygens (including phenoxy) is 2. The van der Waals surface area contributed by atoms with Crippen LogP contribution in [-0.4, -0.2) is 76.2 Å². The summed E-state index contributed by atoms with van der Waals surface area (Å²) in [5.74, 6) is 0.831. The normalized spacial score (nSPS) is 12.2. The van der Waals surface area contributed by atoms with Crippen molar-refractivity contribution < 1.29 is 29.1 Å². The molecule has 4 aromatic heterocycles. The predicted molar refractivity (Wildman–Crippen MR) is 184 cm³/mol. The van der Waals surface area contributed by atoms with E-state index in [1.807, 2.05) is 26.0 Å². The molecule has 0 radical (unpaired) electrons. The molecule has 2 N–H and O–H groups in total. The lowest BCUT2D eigenvalue weighted by atomic mass is 9.83. The van der Waals surface area contributed by atoms with Gasteiger partial charge in [0.05, 0.1) is 11.7 Å². The van der Waals surface area contributed by atoms with Crippen molar-refractivity contribution in [2.24, 2.45) is 0 Å². The molecule has 1 aromatic carbocycles. The van der Waals surface area contributed by atoms with Crippen LogP contribution in [0.25, 0.3) is 27.9 Å². The van der Waals surface area contributed by atoms with Gasteiger partial charge in [-0.2, -0.15) is 9.61 Å². The summed E-state index contributed by atoms with van der Waals surface area (Å²) in [7, 11) is -1.70. The van der Waals surface area contributed by atoms with E-state index in [1.54, 1.807) is 70.6 Å². The number of hydrogen-bond acceptors (Lipinski definition) is 10. The maximum Gasteiger partial charge on any atom is 0.491 e. The molecule has 0 aliphatic carbocycles. The number of aromatic nitrogens is 6. The van der Waals surface area contributed by atoms with Crippen molar-refractivity contribution in [3.63, 3.8) is 0 Å². The van der Waals surface area contributed by atoms with E-state index in [2.05, 4.69) is 20.1 Å². The summed E-state index contributed by atoms with van der Waals surface area (Å²) in [5.41, 5.74) is 1.93. The molecule has 0 aliphatic rings. The Morgan fingerprint density at radius 3 is 2.27 bits per heavy atom. The van der Waals surface area contributed by atoms with Gasteiger partial charge in [0.1, 0.15) is 22.2 Å². The van der Waals surface area contributed by atoms with E-state index in [1.165, 1.54) is 21.9 Å². The third kappa shape index (κ3) is 7.61. The molecule has 4 heterocycles. The van der Waals surface area contributed by atoms with Crippen molar-refractivity contribution in [2.45, 2.75) is 78.9 Å². The van der Waals surface area contributed by atoms with E-state index in [0.717, 1.165) is 16.5 Å². The molecule has 252 valence electrons. The van der Waals surface area contributed by atoms with Crippen LogP contribution < -0.4 is 10.4 Å². The van der Waals surface area contributed by atoms with Gasteiger partial charge in [-0.05, 0) is 65.5 Å². The van der Waals surface area contributed by atoms with Crippen LogP contribution in [0.1, 0.15) is 72.4 Å². The summed E-state index contributed by atoms with van der Waals surface area (Å²) < 4.78 is 14.5. The van der Waals surface area contributed by atoms with Crippen molar-refractivity contribution in [3.05, 3.63) is 65.3 Å². The zero-order valence-electron chi connectivity index (χ0n) is 28.2. The summed E-state index contributed by atoms with van der Waals surface area (Å²) in [6.07, 6.45) is 5.19. The summed E-state index contributed by atoms with van der Waals surface area (Å²) in [6.45, 7) is 14.9. The molecule has 15 heteroatoms. The number of fused-ring (bicyclic) bond motifs is 2. The number of carbonyl (C=O) groups excluding carboxylic acids is 2. The van der Waals surface area contributed by atoms with Crippen LogP contribution in [0.3, 0.4) is 0 Å². The fourth-order valence-corrected chi connectivity index (χ4v) is 5.28. The number of anilines is 1. The maximum atomic E-state index is 13.8. The van der Waals surface area contributed by atoms with Gasteiger partial charge >= 0.3 is 19.3 Å². The summed E-state index contributed by atoms with van der Waals surface area (Å²) >= 11 is 6.49. The number of halogens is 1. The summed E-state index contributed by atoms with van der Waals surface area (Å²) in [5, 5.41) is 24.4. The molecule has 0 saturated heterocycles. The molecule has 5 aromatic rings. The van der Waals surface area contributed by atoms with Gasteiger partial charge in [-0.1, -0.05) is 37.6 Å². The number of amides is 1. The molecule has 0 saturated carbocycles. The van der Waals surface area contributed by atoms with Crippen molar-refractivity contribution in [3.8, 4) is 11.4 Å². The molecule has 5 rings (SSSR count). The number of carbonyl (C=O) groups is 2. The molecular weight excluding hydrogens is 637 g/mol. The second-order valence-corrected chi connectivity index (χ2v) is 14.1. The first kappa shape index (κ1) is 34.8. The van der Waals surface area contributed by atoms with E-state index in [-0.39, 0.29) is 23.1 Å². The van der Waals surface area contributed by atoms with Crippen LogP contribution in [0.5, 0.6) is 0 Å². The third-order valence-electron chi connectivity index (χ3n) is 7.27. The van der Waals surface area contributed by atoms with E-state index in [9.17, 15) is 19.6 Å². The molecule has 1 amide bonds. The first-order valence-corrected chi connectivity index (χ1v) is 15.9. The van der Waals surface area contributed by atoms with Gasteiger partial charge < -0.3 is 19.5 Å². The SMILES string of the molecule is CC(C)c1cnn2c(N(CCc3cn(C(=O)OC(C)(C)C)c4cc(-c5ncc(B(O)O)cn5)ccc34)C(=O)OC(C)(C)C)cc(Cl)nc12. The Kier molecular flexibility index (Phi) is 9.55. The smallest absolute Gasteiger partial charge is 0.443 e. The first-order valence-electron chi connectivity index (χ1n) is 15.5. The van der Waals surface area contributed by atoms with E-state index < -0.39 is 30.5 Å². The fourth-order valence-electron chi connectivity index (χ4n) is 5.10. The van der Waals surface area contributed by atoms with Crippen molar-refractivity contribution in [1.82, 2.24) is 29.1 Å². The van der Waals surface area contributed by atoms with Gasteiger partial charge in [0, 0.05) is 53.2 Å². The Labute approximate surface area is 283 Å². The van der Waals surface area contributed by atoms with Crippen LogP contribution in [0, 0.1) is 0 Å². The van der Waals surface area contributed by atoms with Crippen LogP contribution in [-0.2, 0) is 15.9 Å². The zero-order chi connectivity index (χ0) is 35.1. The molecule has 0 bridgehead atoms. The molecule has 0 spiro atoms. The van der Waals surface area contributed by atoms with Gasteiger partial charge in [0.15, 0.2) is 11.5 Å². The molecule has 0 aliphatic heterocycles. The third-order valence-corrected chi connectivity index (χ3v) is 7.47. The van der Waals surface area contributed by atoms with Gasteiger partial charge in [0.25, 0.3) is 0 Å². The van der Waals surface area contributed by atoms with E-state index in [4.69, 9.17) is 21.1 Å². The Bertz CT molecular complexity index is 1980. The Hall–Kier alpha value is -4.53. The van der Waals surface area contributed by atoms with Crippen LogP contribution >= 0.6 is 11.6 Å². The topological polar surface area (TPSA) is 157 Å². The fraction of sp³-hybridized carbons (Fsp3) is 0.394. The average molecular weight is 676 g/mol. The van der Waals surface area contributed by atoms with Crippen molar-refractivity contribution in [2.75, 3.05) is 11.4 Å². The molecule has 0 fully saturated rings. The number of nitrogens with zero attached hydrogens (tertiary/aromatic N) is 7. The van der Waals surface area contributed by atoms with Gasteiger partial charge in [-0.15, -0.1) is 0 Å². The monoisotopic (exact) mass is 675 g/mol. The molecule has 48 heavy (non-hydrogen) atoms. The van der Waals surface area contributed by atoms with Gasteiger partial charge in [0.2, 0.25) is 0 Å². The quantitative estimate of drug-likeness (QED) is 0.170. The minimum Gasteiger partial charge on any atom is -0.443 e. The van der Waals surface area contributed by atoms with Crippen molar-refractivity contribution in [1.29, 1.82) is 0 Å². The van der Waals surface area contributed by atoms with Crippen LogP contribution in [0.4, 0.5) is 15.4 Å². The van der Waals surface area contributed by atoms with Crippen molar-refractivity contribution >= 4 is 58.7 Å².